The molecule has 2 aromatic rings. The van der Waals surface area contributed by atoms with Crippen LogP contribution in [-0.4, -0.2) is 38.7 Å². The SMILES string of the molecule is COC(=O)CS(=O)(=O)C/C(=N\Nc1ccccc1)c1ccccc1. The number of nitrogens with zero attached hydrogens (tertiary/aromatic N) is 1. The van der Waals surface area contributed by atoms with Gasteiger partial charge < -0.3 is 4.74 Å². The third-order valence-electron chi connectivity index (χ3n) is 3.12. The number of anilines is 1. The van der Waals surface area contributed by atoms with Crippen LogP contribution in [0.2, 0.25) is 0 Å². The first-order valence-electron chi connectivity index (χ1n) is 7.20. The molecule has 7 heteroatoms. The van der Waals surface area contributed by atoms with Crippen LogP contribution in [0.25, 0.3) is 0 Å². The monoisotopic (exact) mass is 346 g/mol. The van der Waals surface area contributed by atoms with Gasteiger partial charge in [0.15, 0.2) is 9.84 Å². The van der Waals surface area contributed by atoms with Crippen molar-refractivity contribution < 1.29 is 17.9 Å². The van der Waals surface area contributed by atoms with Crippen molar-refractivity contribution in [3.8, 4) is 0 Å². The minimum absolute atomic E-state index is 0.323. The normalized spacial score (nSPS) is 11.8. The predicted molar refractivity (Wildman–Crippen MR) is 93.7 cm³/mol. The van der Waals surface area contributed by atoms with E-state index in [0.717, 1.165) is 12.8 Å². The number of carbonyl (C=O) groups is 1. The molecule has 0 atom stereocenters. The molecule has 0 bridgehead atoms. The second-order valence-corrected chi connectivity index (χ2v) is 7.08. The Labute approximate surface area is 141 Å². The molecule has 0 saturated heterocycles. The van der Waals surface area contributed by atoms with Gasteiger partial charge in [0.2, 0.25) is 0 Å². The van der Waals surface area contributed by atoms with E-state index in [-0.39, 0.29) is 5.75 Å². The Bertz CT molecular complexity index is 803. The van der Waals surface area contributed by atoms with Gasteiger partial charge in [0, 0.05) is 0 Å². The average molecular weight is 346 g/mol. The number of rotatable bonds is 7. The number of benzene rings is 2. The largest absolute Gasteiger partial charge is 0.468 e. The molecule has 2 rings (SSSR count). The number of hydrogen-bond donors (Lipinski definition) is 1. The molecule has 24 heavy (non-hydrogen) atoms. The summed E-state index contributed by atoms with van der Waals surface area (Å²) in [5.41, 5.74) is 4.56. The molecule has 0 spiro atoms. The summed E-state index contributed by atoms with van der Waals surface area (Å²) in [5.74, 6) is -1.84. The van der Waals surface area contributed by atoms with Gasteiger partial charge in [-0.15, -0.1) is 0 Å². The number of para-hydroxylation sites is 1. The molecular formula is C17H18N2O4S. The summed E-state index contributed by atoms with van der Waals surface area (Å²) < 4.78 is 28.8. The van der Waals surface area contributed by atoms with Crippen LogP contribution in [0.3, 0.4) is 0 Å². The highest BCUT2D eigenvalue weighted by molar-refractivity contribution is 7.92. The van der Waals surface area contributed by atoms with Crippen molar-refractivity contribution >= 4 is 27.2 Å². The van der Waals surface area contributed by atoms with E-state index < -0.39 is 21.6 Å². The Hall–Kier alpha value is -2.67. The predicted octanol–water partition coefficient (Wildman–Crippen LogP) is 2.09. The molecule has 2 aromatic carbocycles. The summed E-state index contributed by atoms with van der Waals surface area (Å²) in [5, 5.41) is 4.22. The maximum absolute atomic E-state index is 12.2. The quantitative estimate of drug-likeness (QED) is 0.471. The molecule has 0 saturated carbocycles. The van der Waals surface area contributed by atoms with Gasteiger partial charge in [0.05, 0.1) is 24.3 Å². The molecule has 0 fully saturated rings. The Kier molecular flexibility index (Phi) is 6.08. The Balaban J connectivity index is 2.25. The van der Waals surface area contributed by atoms with Gasteiger partial charge in [-0.1, -0.05) is 48.5 Å². The van der Waals surface area contributed by atoms with E-state index >= 15 is 0 Å². The van der Waals surface area contributed by atoms with Gasteiger partial charge in [0.25, 0.3) is 0 Å². The number of carbonyl (C=O) groups excluding carboxylic acids is 1. The number of hydrogen-bond acceptors (Lipinski definition) is 6. The fourth-order valence-corrected chi connectivity index (χ4v) is 3.18. The molecule has 0 unspecified atom stereocenters. The van der Waals surface area contributed by atoms with Gasteiger partial charge in [-0.25, -0.2) is 8.42 Å². The molecule has 6 nitrogen and oxygen atoms in total. The first kappa shape index (κ1) is 17.7. The van der Waals surface area contributed by atoms with E-state index in [0.29, 0.717) is 11.3 Å². The van der Waals surface area contributed by atoms with Crippen molar-refractivity contribution in [1.82, 2.24) is 0 Å². The maximum atomic E-state index is 12.2. The standard InChI is InChI=1S/C17H18N2O4S/c1-23-17(20)13-24(21,22)12-16(14-8-4-2-5-9-14)19-18-15-10-6-3-7-11-15/h2-11,18H,12-13H2,1H3/b19-16+. The van der Waals surface area contributed by atoms with Crippen LogP contribution >= 0.6 is 0 Å². The third kappa shape index (κ3) is 5.51. The highest BCUT2D eigenvalue weighted by Crippen LogP contribution is 2.09. The molecule has 0 radical (unpaired) electrons. The number of sulfone groups is 1. The lowest BCUT2D eigenvalue weighted by Crippen LogP contribution is -2.25. The number of esters is 1. The third-order valence-corrected chi connectivity index (χ3v) is 4.51. The zero-order valence-electron chi connectivity index (χ0n) is 13.2. The number of hydrazone groups is 1. The molecule has 0 aliphatic rings. The van der Waals surface area contributed by atoms with Gasteiger partial charge in [0.1, 0.15) is 5.75 Å². The lowest BCUT2D eigenvalue weighted by Gasteiger charge is -2.09. The Morgan fingerprint density at radius 1 is 1.00 bits per heavy atom. The first-order chi connectivity index (χ1) is 11.5. The smallest absolute Gasteiger partial charge is 0.320 e. The molecular weight excluding hydrogens is 328 g/mol. The summed E-state index contributed by atoms with van der Waals surface area (Å²) in [4.78, 5) is 11.3. The van der Waals surface area contributed by atoms with Gasteiger partial charge in [-0.2, -0.15) is 5.10 Å². The highest BCUT2D eigenvalue weighted by Gasteiger charge is 2.21. The van der Waals surface area contributed by atoms with E-state index in [1.807, 2.05) is 36.4 Å². The van der Waals surface area contributed by atoms with E-state index in [9.17, 15) is 13.2 Å². The molecule has 0 aliphatic heterocycles. The number of methoxy groups -OCH3 is 1. The van der Waals surface area contributed by atoms with Crippen molar-refractivity contribution in [2.75, 3.05) is 24.0 Å². The minimum atomic E-state index is -3.69. The molecule has 0 heterocycles. The number of nitrogens with one attached hydrogen (secondary N) is 1. The van der Waals surface area contributed by atoms with Crippen molar-refractivity contribution in [2.24, 2.45) is 5.10 Å². The van der Waals surface area contributed by atoms with Crippen LogP contribution in [0.4, 0.5) is 5.69 Å². The lowest BCUT2D eigenvalue weighted by atomic mass is 10.1. The van der Waals surface area contributed by atoms with Crippen molar-refractivity contribution in [3.05, 3.63) is 66.2 Å². The molecule has 0 amide bonds. The van der Waals surface area contributed by atoms with E-state index in [1.54, 1.807) is 24.3 Å². The summed E-state index contributed by atoms with van der Waals surface area (Å²) in [6.07, 6.45) is 0. The minimum Gasteiger partial charge on any atom is -0.468 e. The van der Waals surface area contributed by atoms with Crippen LogP contribution in [0.15, 0.2) is 65.8 Å². The lowest BCUT2D eigenvalue weighted by molar-refractivity contribution is -0.137. The van der Waals surface area contributed by atoms with E-state index in [4.69, 9.17) is 0 Å². The average Bonchev–Trinajstić information content (AvgIpc) is 2.59. The zero-order valence-corrected chi connectivity index (χ0v) is 14.0. The van der Waals surface area contributed by atoms with Crippen molar-refractivity contribution in [1.29, 1.82) is 0 Å². The number of ether oxygens (including phenoxy) is 1. The summed E-state index contributed by atoms with van der Waals surface area (Å²) in [6.45, 7) is 0. The van der Waals surface area contributed by atoms with Gasteiger partial charge >= 0.3 is 5.97 Å². The summed E-state index contributed by atoms with van der Waals surface area (Å²) in [6, 6.07) is 18.1. The second-order valence-electron chi connectivity index (χ2n) is 5.01. The van der Waals surface area contributed by atoms with Crippen LogP contribution < -0.4 is 5.43 Å². The van der Waals surface area contributed by atoms with Crippen molar-refractivity contribution in [2.45, 2.75) is 0 Å². The molecule has 0 aliphatic carbocycles. The van der Waals surface area contributed by atoms with Crippen LogP contribution in [0.1, 0.15) is 5.56 Å². The van der Waals surface area contributed by atoms with Crippen molar-refractivity contribution in [3.63, 3.8) is 0 Å². The van der Waals surface area contributed by atoms with Crippen LogP contribution in [-0.2, 0) is 19.4 Å². The fourth-order valence-electron chi connectivity index (χ4n) is 1.95. The second kappa shape index (κ2) is 8.26. The topological polar surface area (TPSA) is 84.8 Å². The highest BCUT2D eigenvalue weighted by atomic mass is 32.2. The van der Waals surface area contributed by atoms with Gasteiger partial charge in [-0.05, 0) is 17.7 Å². The Morgan fingerprint density at radius 2 is 1.58 bits per heavy atom. The summed E-state index contributed by atoms with van der Waals surface area (Å²) in [7, 11) is -2.54. The van der Waals surface area contributed by atoms with Crippen LogP contribution in [0.5, 0.6) is 0 Å². The van der Waals surface area contributed by atoms with Gasteiger partial charge in [-0.3, -0.25) is 10.2 Å². The maximum Gasteiger partial charge on any atom is 0.320 e. The Morgan fingerprint density at radius 3 is 2.17 bits per heavy atom. The van der Waals surface area contributed by atoms with E-state index in [2.05, 4.69) is 15.3 Å². The summed E-state index contributed by atoms with van der Waals surface area (Å²) >= 11 is 0. The van der Waals surface area contributed by atoms with E-state index in [1.165, 1.54) is 0 Å². The van der Waals surface area contributed by atoms with Crippen LogP contribution in [0, 0.1) is 0 Å². The fraction of sp³-hybridized carbons (Fsp3) is 0.176. The zero-order chi connectivity index (χ0) is 17.4. The first-order valence-corrected chi connectivity index (χ1v) is 9.02. The molecule has 1 N–H and O–H groups in total. The molecule has 126 valence electrons. The molecule has 0 aromatic heterocycles.